The van der Waals surface area contributed by atoms with Crippen LogP contribution < -0.4 is 10.9 Å². The van der Waals surface area contributed by atoms with Crippen LogP contribution >= 0.6 is 0 Å². The molecule has 0 atom stereocenters. The van der Waals surface area contributed by atoms with Crippen molar-refractivity contribution in [1.29, 1.82) is 0 Å². The summed E-state index contributed by atoms with van der Waals surface area (Å²) in [5, 5.41) is 6.74. The summed E-state index contributed by atoms with van der Waals surface area (Å²) in [6.45, 7) is 0.314. The molecule has 2 N–H and O–H groups in total. The molecular weight excluding hydrogens is 354 g/mol. The number of hydrogen-bond acceptors (Lipinski definition) is 4. The Balaban J connectivity index is 1.42. The Morgan fingerprint density at radius 2 is 1.75 bits per heavy atom. The normalized spacial score (nSPS) is 10.6. The number of nitrogens with zero attached hydrogens (tertiary/aromatic N) is 3. The van der Waals surface area contributed by atoms with Crippen molar-refractivity contribution in [3.8, 4) is 17.1 Å². The number of hydrogen-bond donors (Lipinski definition) is 2. The molecule has 0 aliphatic heterocycles. The Kier molecular flexibility index (Phi) is 4.79. The van der Waals surface area contributed by atoms with Gasteiger partial charge in [-0.1, -0.05) is 54.6 Å². The average Bonchev–Trinajstić information content (AvgIpc) is 3.28. The quantitative estimate of drug-likeness (QED) is 0.564. The highest BCUT2D eigenvalue weighted by Crippen LogP contribution is 2.19. The molecule has 0 saturated carbocycles. The fourth-order valence-corrected chi connectivity index (χ4v) is 2.78. The Labute approximate surface area is 160 Å². The second-order valence-electron chi connectivity index (χ2n) is 6.15. The molecule has 0 bridgehead atoms. The van der Waals surface area contributed by atoms with Crippen molar-refractivity contribution < 1.29 is 4.79 Å². The highest BCUT2D eigenvalue weighted by Gasteiger charge is 2.12. The van der Waals surface area contributed by atoms with Gasteiger partial charge >= 0.3 is 0 Å². The Hall–Kier alpha value is -4.00. The molecule has 2 aromatic heterocycles. The maximum absolute atomic E-state index is 12.3. The number of rotatable bonds is 5. The summed E-state index contributed by atoms with van der Waals surface area (Å²) in [7, 11) is 0. The number of carbonyl (C=O) groups is 1. The topological polar surface area (TPSA) is 92.7 Å². The minimum Gasteiger partial charge on any atom is -0.348 e. The molecule has 7 nitrogen and oxygen atoms in total. The van der Waals surface area contributed by atoms with Crippen LogP contribution in [0.15, 0.2) is 84.0 Å². The van der Waals surface area contributed by atoms with Gasteiger partial charge < -0.3 is 5.32 Å². The third-order valence-electron chi connectivity index (χ3n) is 4.27. The van der Waals surface area contributed by atoms with Gasteiger partial charge in [-0.2, -0.15) is 5.10 Å². The molecule has 7 heteroatoms. The van der Waals surface area contributed by atoms with Crippen molar-refractivity contribution in [3.63, 3.8) is 0 Å². The standard InChI is InChI=1S/C21H17N5O2/c27-19(18-14-23-21(25-20(18)28)26-12-4-11-24-26)22-13-15-7-9-17(10-8-15)16-5-2-1-3-6-16/h1-12,14H,13H2,(H,22,27)(H,23,25,28). The molecule has 0 unspecified atom stereocenters. The van der Waals surface area contributed by atoms with Gasteiger partial charge in [0.2, 0.25) is 5.95 Å². The third-order valence-corrected chi connectivity index (χ3v) is 4.27. The number of carbonyl (C=O) groups excluding carboxylic acids is 1. The number of aromatic nitrogens is 4. The highest BCUT2D eigenvalue weighted by atomic mass is 16.2. The lowest BCUT2D eigenvalue weighted by Gasteiger charge is -2.07. The summed E-state index contributed by atoms with van der Waals surface area (Å²) < 4.78 is 1.41. The Morgan fingerprint density at radius 1 is 1.00 bits per heavy atom. The van der Waals surface area contributed by atoms with Crippen molar-refractivity contribution in [2.24, 2.45) is 0 Å². The van der Waals surface area contributed by atoms with Crippen LogP contribution in [0.5, 0.6) is 0 Å². The Bertz CT molecular complexity index is 1130. The Morgan fingerprint density at radius 3 is 2.43 bits per heavy atom. The SMILES string of the molecule is O=C(NCc1ccc(-c2ccccc2)cc1)c1cnc(-n2cccn2)[nH]c1=O. The minimum atomic E-state index is -0.516. The van der Waals surface area contributed by atoms with E-state index in [9.17, 15) is 9.59 Å². The summed E-state index contributed by atoms with van der Waals surface area (Å²) in [6, 6.07) is 19.7. The second-order valence-corrected chi connectivity index (χ2v) is 6.15. The maximum Gasteiger partial charge on any atom is 0.265 e. The molecule has 0 saturated heterocycles. The van der Waals surface area contributed by atoms with Crippen LogP contribution in [0.3, 0.4) is 0 Å². The van der Waals surface area contributed by atoms with E-state index in [1.807, 2.05) is 54.6 Å². The first-order valence-electron chi connectivity index (χ1n) is 8.72. The van der Waals surface area contributed by atoms with Crippen LogP contribution in [0.2, 0.25) is 0 Å². The van der Waals surface area contributed by atoms with E-state index in [2.05, 4.69) is 20.4 Å². The molecule has 0 fully saturated rings. The predicted molar refractivity (Wildman–Crippen MR) is 105 cm³/mol. The van der Waals surface area contributed by atoms with Gasteiger partial charge in [-0.3, -0.25) is 14.6 Å². The van der Waals surface area contributed by atoms with Crippen LogP contribution in [-0.2, 0) is 6.54 Å². The number of nitrogens with one attached hydrogen (secondary N) is 2. The van der Waals surface area contributed by atoms with Crippen LogP contribution in [0.4, 0.5) is 0 Å². The molecule has 138 valence electrons. The van der Waals surface area contributed by atoms with Gasteiger partial charge in [0.1, 0.15) is 5.56 Å². The van der Waals surface area contributed by atoms with E-state index in [-0.39, 0.29) is 11.5 Å². The van der Waals surface area contributed by atoms with Crippen LogP contribution in [0.1, 0.15) is 15.9 Å². The summed E-state index contributed by atoms with van der Waals surface area (Å²) >= 11 is 0. The maximum atomic E-state index is 12.3. The molecule has 4 aromatic rings. The number of amides is 1. The first-order valence-corrected chi connectivity index (χ1v) is 8.72. The molecule has 0 aliphatic rings. The lowest BCUT2D eigenvalue weighted by molar-refractivity contribution is 0.0949. The van der Waals surface area contributed by atoms with Crippen LogP contribution in [-0.4, -0.2) is 25.7 Å². The predicted octanol–water partition coefficient (Wildman–Crippen LogP) is 2.55. The van der Waals surface area contributed by atoms with Gasteiger partial charge in [-0.25, -0.2) is 9.67 Å². The van der Waals surface area contributed by atoms with E-state index >= 15 is 0 Å². The first-order chi connectivity index (χ1) is 13.7. The molecule has 28 heavy (non-hydrogen) atoms. The van der Waals surface area contributed by atoms with Gasteiger partial charge in [0.25, 0.3) is 11.5 Å². The fourth-order valence-electron chi connectivity index (χ4n) is 2.78. The van der Waals surface area contributed by atoms with E-state index in [1.165, 1.54) is 10.9 Å². The summed E-state index contributed by atoms with van der Waals surface area (Å²) in [5.74, 6) is -0.226. The summed E-state index contributed by atoms with van der Waals surface area (Å²) in [6.07, 6.45) is 4.48. The third kappa shape index (κ3) is 3.73. The lowest BCUT2D eigenvalue weighted by Crippen LogP contribution is -2.30. The lowest BCUT2D eigenvalue weighted by atomic mass is 10.0. The zero-order chi connectivity index (χ0) is 19.3. The average molecular weight is 371 g/mol. The second kappa shape index (κ2) is 7.71. The molecule has 2 heterocycles. The molecule has 0 radical (unpaired) electrons. The van der Waals surface area contributed by atoms with E-state index < -0.39 is 11.5 Å². The minimum absolute atomic E-state index is 0.0446. The van der Waals surface area contributed by atoms with E-state index in [0.717, 1.165) is 16.7 Å². The van der Waals surface area contributed by atoms with Gasteiger partial charge in [-0.15, -0.1) is 0 Å². The van der Waals surface area contributed by atoms with Crippen molar-refractivity contribution in [2.75, 3.05) is 0 Å². The van der Waals surface area contributed by atoms with Crippen molar-refractivity contribution in [2.45, 2.75) is 6.54 Å². The zero-order valence-corrected chi connectivity index (χ0v) is 14.9. The smallest absolute Gasteiger partial charge is 0.265 e. The van der Waals surface area contributed by atoms with Crippen LogP contribution in [0.25, 0.3) is 17.1 Å². The zero-order valence-electron chi connectivity index (χ0n) is 14.9. The molecular formula is C21H17N5O2. The number of benzene rings is 2. The van der Waals surface area contributed by atoms with Gasteiger partial charge in [0, 0.05) is 25.1 Å². The van der Waals surface area contributed by atoms with Crippen molar-refractivity contribution >= 4 is 5.91 Å². The van der Waals surface area contributed by atoms with Crippen molar-refractivity contribution in [1.82, 2.24) is 25.1 Å². The summed E-state index contributed by atoms with van der Waals surface area (Å²) in [5.41, 5.74) is 2.61. The monoisotopic (exact) mass is 371 g/mol. The molecule has 0 aliphatic carbocycles. The van der Waals surface area contributed by atoms with Gasteiger partial charge in [0.15, 0.2) is 0 Å². The fraction of sp³-hybridized carbons (Fsp3) is 0.0476. The number of H-pyrrole nitrogens is 1. The number of aromatic amines is 1. The molecule has 1 amide bonds. The van der Waals surface area contributed by atoms with Crippen LogP contribution in [0, 0.1) is 0 Å². The molecule has 4 rings (SSSR count). The van der Waals surface area contributed by atoms with E-state index in [0.29, 0.717) is 6.54 Å². The van der Waals surface area contributed by atoms with E-state index in [1.54, 1.807) is 18.5 Å². The highest BCUT2D eigenvalue weighted by molar-refractivity contribution is 5.93. The van der Waals surface area contributed by atoms with Gasteiger partial charge in [0.05, 0.1) is 0 Å². The first kappa shape index (κ1) is 17.4. The molecule has 0 spiro atoms. The molecule has 2 aromatic carbocycles. The van der Waals surface area contributed by atoms with Crippen molar-refractivity contribution in [3.05, 3.63) is 101 Å². The summed E-state index contributed by atoms with van der Waals surface area (Å²) in [4.78, 5) is 31.2. The van der Waals surface area contributed by atoms with E-state index in [4.69, 9.17) is 0 Å². The largest absolute Gasteiger partial charge is 0.348 e. The van der Waals surface area contributed by atoms with Gasteiger partial charge in [-0.05, 0) is 22.8 Å².